The van der Waals surface area contributed by atoms with E-state index in [9.17, 15) is 4.79 Å². The quantitative estimate of drug-likeness (QED) is 0.723. The van der Waals surface area contributed by atoms with Crippen LogP contribution in [0.3, 0.4) is 0 Å². The topological polar surface area (TPSA) is 45.2 Å². The summed E-state index contributed by atoms with van der Waals surface area (Å²) < 4.78 is 0. The molecule has 0 radical (unpaired) electrons. The van der Waals surface area contributed by atoms with Crippen molar-refractivity contribution in [3.8, 4) is 11.3 Å². The van der Waals surface area contributed by atoms with Gasteiger partial charge in [-0.15, -0.1) is 0 Å². The number of hydrogen-bond donors (Lipinski definition) is 1. The third-order valence-electron chi connectivity index (χ3n) is 5.72. The Labute approximate surface area is 166 Å². The fourth-order valence-corrected chi connectivity index (χ4v) is 4.05. The average molecular weight is 374 g/mol. The summed E-state index contributed by atoms with van der Waals surface area (Å²) in [6.45, 7) is 2.73. The largest absolute Gasteiger partial charge is 0.339 e. The highest BCUT2D eigenvalue weighted by Gasteiger charge is 2.25. The lowest BCUT2D eigenvalue weighted by atomic mass is 9.93. The molecule has 3 aromatic rings. The minimum absolute atomic E-state index is 0.128. The van der Waals surface area contributed by atoms with Crippen LogP contribution in [0.2, 0.25) is 0 Å². The summed E-state index contributed by atoms with van der Waals surface area (Å²) in [5.74, 6) is 0.841. The minimum Gasteiger partial charge on any atom is -0.339 e. The van der Waals surface area contributed by atoms with Crippen molar-refractivity contribution in [1.82, 2.24) is 15.2 Å². The number of hydrogen-bond acceptors (Lipinski definition) is 3. The zero-order chi connectivity index (χ0) is 19.3. The molecule has 1 fully saturated rings. The lowest BCUT2D eigenvalue weighted by molar-refractivity contribution is 0.0689. The second kappa shape index (κ2) is 8.53. The number of carbonyl (C=O) groups is 1. The average Bonchev–Trinajstić information content (AvgIpc) is 2.77. The predicted molar refractivity (Wildman–Crippen MR) is 114 cm³/mol. The molecule has 0 bridgehead atoms. The molecular formula is C24H27N3O. The van der Waals surface area contributed by atoms with Crippen molar-refractivity contribution < 1.29 is 4.79 Å². The molecule has 1 saturated heterocycles. The fraction of sp³-hybridized carbons (Fsp3) is 0.333. The summed E-state index contributed by atoms with van der Waals surface area (Å²) in [6, 6.07) is 20.0. The molecule has 0 atom stereocenters. The van der Waals surface area contributed by atoms with E-state index in [0.29, 0.717) is 5.92 Å². The zero-order valence-electron chi connectivity index (χ0n) is 16.4. The summed E-state index contributed by atoms with van der Waals surface area (Å²) in [4.78, 5) is 20.2. The molecule has 0 saturated carbocycles. The smallest absolute Gasteiger partial charge is 0.254 e. The first-order valence-corrected chi connectivity index (χ1v) is 10.2. The van der Waals surface area contributed by atoms with E-state index in [0.717, 1.165) is 60.2 Å². The van der Waals surface area contributed by atoms with E-state index in [1.165, 1.54) is 6.42 Å². The molecule has 0 spiro atoms. The number of piperidine rings is 1. The SMILES string of the molecule is CNCCC1CCN(C(=O)c2cc(-c3ccccc3)nc3ccccc23)CC1. The summed E-state index contributed by atoms with van der Waals surface area (Å²) in [6.07, 6.45) is 3.36. The molecule has 1 N–H and O–H groups in total. The van der Waals surface area contributed by atoms with Gasteiger partial charge in [-0.2, -0.15) is 0 Å². The number of benzene rings is 2. The van der Waals surface area contributed by atoms with Crippen LogP contribution in [0.4, 0.5) is 0 Å². The van der Waals surface area contributed by atoms with Crippen LogP contribution in [-0.2, 0) is 0 Å². The van der Waals surface area contributed by atoms with Crippen LogP contribution >= 0.6 is 0 Å². The number of amides is 1. The fourth-order valence-electron chi connectivity index (χ4n) is 4.05. The number of para-hydroxylation sites is 1. The maximum Gasteiger partial charge on any atom is 0.254 e. The van der Waals surface area contributed by atoms with E-state index in [4.69, 9.17) is 4.98 Å². The van der Waals surface area contributed by atoms with Gasteiger partial charge in [0.25, 0.3) is 5.91 Å². The van der Waals surface area contributed by atoms with Gasteiger partial charge in [-0.3, -0.25) is 4.79 Å². The summed E-state index contributed by atoms with van der Waals surface area (Å²) in [5.41, 5.74) is 3.52. The maximum absolute atomic E-state index is 13.4. The highest BCUT2D eigenvalue weighted by Crippen LogP contribution is 2.27. The number of likely N-dealkylation sites (tertiary alicyclic amines) is 1. The molecule has 1 aliphatic heterocycles. The van der Waals surface area contributed by atoms with Crippen LogP contribution in [0.1, 0.15) is 29.6 Å². The second-order valence-corrected chi connectivity index (χ2v) is 7.57. The molecular weight excluding hydrogens is 346 g/mol. The molecule has 2 heterocycles. The van der Waals surface area contributed by atoms with Crippen molar-refractivity contribution >= 4 is 16.8 Å². The van der Waals surface area contributed by atoms with Gasteiger partial charge in [-0.1, -0.05) is 48.5 Å². The lowest BCUT2D eigenvalue weighted by Crippen LogP contribution is -2.39. The molecule has 0 unspecified atom stereocenters. The molecule has 1 aliphatic rings. The third-order valence-corrected chi connectivity index (χ3v) is 5.72. The number of fused-ring (bicyclic) bond motifs is 1. The highest BCUT2D eigenvalue weighted by atomic mass is 16.2. The number of aromatic nitrogens is 1. The van der Waals surface area contributed by atoms with E-state index in [-0.39, 0.29) is 5.91 Å². The van der Waals surface area contributed by atoms with Gasteiger partial charge in [0, 0.05) is 24.0 Å². The van der Waals surface area contributed by atoms with Crippen LogP contribution in [-0.4, -0.2) is 42.5 Å². The number of nitrogens with zero attached hydrogens (tertiary/aromatic N) is 2. The van der Waals surface area contributed by atoms with Gasteiger partial charge in [-0.25, -0.2) is 4.98 Å². The molecule has 4 heteroatoms. The molecule has 0 aliphatic carbocycles. The van der Waals surface area contributed by atoms with Crippen molar-refractivity contribution in [3.63, 3.8) is 0 Å². The molecule has 1 aromatic heterocycles. The predicted octanol–water partition coefficient (Wildman–Crippen LogP) is 4.36. The first-order valence-electron chi connectivity index (χ1n) is 10.2. The van der Waals surface area contributed by atoms with Gasteiger partial charge in [0.2, 0.25) is 0 Å². The first-order chi connectivity index (χ1) is 13.8. The number of rotatable bonds is 5. The normalized spacial score (nSPS) is 15.1. The van der Waals surface area contributed by atoms with Crippen LogP contribution in [0, 0.1) is 5.92 Å². The van der Waals surface area contributed by atoms with Crippen LogP contribution in [0.15, 0.2) is 60.7 Å². The highest BCUT2D eigenvalue weighted by molar-refractivity contribution is 6.07. The van der Waals surface area contributed by atoms with Crippen LogP contribution in [0.5, 0.6) is 0 Å². The van der Waals surface area contributed by atoms with Crippen molar-refractivity contribution in [1.29, 1.82) is 0 Å². The summed E-state index contributed by atoms with van der Waals surface area (Å²) >= 11 is 0. The van der Waals surface area contributed by atoms with E-state index < -0.39 is 0 Å². The van der Waals surface area contributed by atoms with Crippen LogP contribution in [0.25, 0.3) is 22.2 Å². The molecule has 144 valence electrons. The number of nitrogens with one attached hydrogen (secondary N) is 1. The van der Waals surface area contributed by atoms with E-state index in [2.05, 4.69) is 5.32 Å². The third kappa shape index (κ3) is 3.92. The van der Waals surface area contributed by atoms with Crippen molar-refractivity contribution in [3.05, 3.63) is 66.2 Å². The monoisotopic (exact) mass is 373 g/mol. The van der Waals surface area contributed by atoms with Gasteiger partial charge in [0.1, 0.15) is 0 Å². The zero-order valence-corrected chi connectivity index (χ0v) is 16.4. The van der Waals surface area contributed by atoms with Crippen LogP contribution < -0.4 is 5.32 Å². The number of carbonyl (C=O) groups excluding carboxylic acids is 1. The number of pyridine rings is 1. The van der Waals surface area contributed by atoms with E-state index in [1.807, 2.05) is 72.6 Å². The Hall–Kier alpha value is -2.72. The Kier molecular flexibility index (Phi) is 5.68. The Bertz CT molecular complexity index is 946. The Morgan fingerprint density at radius 1 is 1.07 bits per heavy atom. The van der Waals surface area contributed by atoms with Gasteiger partial charge in [0.05, 0.1) is 16.8 Å². The van der Waals surface area contributed by atoms with Crippen molar-refractivity contribution in [2.75, 3.05) is 26.7 Å². The second-order valence-electron chi connectivity index (χ2n) is 7.57. The standard InChI is InChI=1S/C24H27N3O/c1-25-14-11-18-12-15-27(16-13-18)24(28)21-17-23(19-7-3-2-4-8-19)26-22-10-6-5-9-20(21)22/h2-10,17-18,25H,11-16H2,1H3. The Morgan fingerprint density at radius 2 is 1.79 bits per heavy atom. The van der Waals surface area contributed by atoms with Gasteiger partial charge < -0.3 is 10.2 Å². The molecule has 4 rings (SSSR count). The van der Waals surface area contributed by atoms with Gasteiger partial charge in [0.15, 0.2) is 0 Å². The van der Waals surface area contributed by atoms with E-state index >= 15 is 0 Å². The van der Waals surface area contributed by atoms with Crippen molar-refractivity contribution in [2.24, 2.45) is 5.92 Å². The Balaban J connectivity index is 1.63. The minimum atomic E-state index is 0.128. The summed E-state index contributed by atoms with van der Waals surface area (Å²) in [5, 5.41) is 4.16. The van der Waals surface area contributed by atoms with Gasteiger partial charge in [-0.05, 0) is 50.9 Å². The maximum atomic E-state index is 13.4. The molecule has 1 amide bonds. The van der Waals surface area contributed by atoms with Gasteiger partial charge >= 0.3 is 0 Å². The first kappa shape index (κ1) is 18.6. The molecule has 4 nitrogen and oxygen atoms in total. The lowest BCUT2D eigenvalue weighted by Gasteiger charge is -2.32. The molecule has 28 heavy (non-hydrogen) atoms. The summed E-state index contributed by atoms with van der Waals surface area (Å²) in [7, 11) is 2.00. The van der Waals surface area contributed by atoms with E-state index in [1.54, 1.807) is 0 Å². The Morgan fingerprint density at radius 3 is 2.54 bits per heavy atom. The molecule has 2 aromatic carbocycles. The van der Waals surface area contributed by atoms with Crippen molar-refractivity contribution in [2.45, 2.75) is 19.3 Å².